The second kappa shape index (κ2) is 9.70. The van der Waals surface area contributed by atoms with Crippen molar-refractivity contribution in [2.75, 3.05) is 7.05 Å². The van der Waals surface area contributed by atoms with Gasteiger partial charge in [-0.1, -0.05) is 48.5 Å². The number of carbonyl (C=O) groups excluding carboxylic acids is 2. The fraction of sp³-hybridized carbons (Fsp3) is 0.207. The van der Waals surface area contributed by atoms with Gasteiger partial charge in [-0.2, -0.15) is 0 Å². The Hall–Kier alpha value is -4.39. The van der Waals surface area contributed by atoms with Crippen molar-refractivity contribution in [3.63, 3.8) is 0 Å². The van der Waals surface area contributed by atoms with Crippen LogP contribution in [0.1, 0.15) is 47.2 Å². The Morgan fingerprint density at radius 3 is 2.61 bits per heavy atom. The van der Waals surface area contributed by atoms with Gasteiger partial charge in [0.1, 0.15) is 0 Å². The average Bonchev–Trinajstić information content (AvgIpc) is 3.44. The lowest BCUT2D eigenvalue weighted by molar-refractivity contribution is -0.114. The molecule has 1 heterocycles. The van der Waals surface area contributed by atoms with Crippen LogP contribution in [0.5, 0.6) is 0 Å². The number of rotatable bonds is 7. The number of nitrogens with one attached hydrogen (secondary N) is 2. The predicted octanol–water partition coefficient (Wildman–Crippen LogP) is 3.81. The summed E-state index contributed by atoms with van der Waals surface area (Å²) < 4.78 is 0. The Balaban J connectivity index is 1.20. The van der Waals surface area contributed by atoms with Crippen LogP contribution < -0.4 is 16.6 Å². The molecule has 2 amide bonds. The first-order valence-electron chi connectivity index (χ1n) is 12.0. The van der Waals surface area contributed by atoms with Gasteiger partial charge in [0.15, 0.2) is 0 Å². The van der Waals surface area contributed by atoms with E-state index in [1.165, 1.54) is 23.0 Å². The molecule has 1 unspecified atom stereocenters. The van der Waals surface area contributed by atoms with Crippen LogP contribution >= 0.6 is 0 Å². The molecule has 5 rings (SSSR count). The molecule has 2 atom stereocenters. The highest BCUT2D eigenvalue weighted by atomic mass is 16.2. The molecule has 3 aliphatic rings. The molecule has 0 saturated carbocycles. The summed E-state index contributed by atoms with van der Waals surface area (Å²) in [7, 11) is 2.09. The highest BCUT2D eigenvalue weighted by molar-refractivity contribution is 6.09. The Bertz CT molecular complexity index is 1350. The molecule has 4 N–H and O–H groups in total. The summed E-state index contributed by atoms with van der Waals surface area (Å²) in [5, 5.41) is 0. The van der Waals surface area contributed by atoms with Crippen molar-refractivity contribution in [3.05, 3.63) is 112 Å². The van der Waals surface area contributed by atoms with Crippen LogP contribution in [-0.4, -0.2) is 36.0 Å². The molecule has 2 aromatic rings. The van der Waals surface area contributed by atoms with E-state index in [9.17, 15) is 9.59 Å². The molecule has 0 saturated heterocycles. The third-order valence-electron chi connectivity index (χ3n) is 6.97. The zero-order valence-corrected chi connectivity index (χ0v) is 20.4. The maximum Gasteiger partial charge on any atom is 0.275 e. The molecule has 182 valence electrons. The van der Waals surface area contributed by atoms with Crippen molar-refractivity contribution in [2.45, 2.75) is 31.7 Å². The van der Waals surface area contributed by atoms with Crippen LogP contribution in [0, 0.1) is 0 Å². The number of amides is 2. The molecule has 0 bridgehead atoms. The fourth-order valence-electron chi connectivity index (χ4n) is 4.95. The number of nitrogens with two attached hydrogens (primary N) is 1. The molecule has 7 nitrogen and oxygen atoms in total. The van der Waals surface area contributed by atoms with Gasteiger partial charge >= 0.3 is 0 Å². The highest BCUT2D eigenvalue weighted by Gasteiger charge is 2.38. The molecule has 1 aliphatic heterocycles. The van der Waals surface area contributed by atoms with Crippen molar-refractivity contribution < 1.29 is 9.59 Å². The van der Waals surface area contributed by atoms with Crippen LogP contribution in [-0.2, 0) is 4.79 Å². The van der Waals surface area contributed by atoms with Gasteiger partial charge in [0.25, 0.3) is 11.8 Å². The Morgan fingerprint density at radius 2 is 1.89 bits per heavy atom. The monoisotopic (exact) mass is 479 g/mol. The minimum absolute atomic E-state index is 0.237. The Morgan fingerprint density at radius 1 is 1.14 bits per heavy atom. The van der Waals surface area contributed by atoms with Crippen molar-refractivity contribution in [3.8, 4) is 0 Å². The summed E-state index contributed by atoms with van der Waals surface area (Å²) in [6.07, 6.45) is 9.18. The Labute approximate surface area is 210 Å². The van der Waals surface area contributed by atoms with Crippen LogP contribution in [0.15, 0.2) is 100 Å². The number of aliphatic imine (C=N–C) groups is 1. The average molecular weight is 480 g/mol. The lowest BCUT2D eigenvalue weighted by atomic mass is 9.94. The smallest absolute Gasteiger partial charge is 0.275 e. The summed E-state index contributed by atoms with van der Waals surface area (Å²) in [5.41, 5.74) is 19.3. The topological polar surface area (TPSA) is 99.8 Å². The normalized spacial score (nSPS) is 21.8. The first kappa shape index (κ1) is 23.4. The number of hydrazine groups is 1. The van der Waals surface area contributed by atoms with E-state index in [0.717, 1.165) is 29.7 Å². The molecule has 2 aliphatic carbocycles. The van der Waals surface area contributed by atoms with Crippen molar-refractivity contribution in [1.82, 2.24) is 15.8 Å². The number of hydrogen-bond donors (Lipinski definition) is 3. The van der Waals surface area contributed by atoms with E-state index in [1.54, 1.807) is 6.21 Å². The van der Waals surface area contributed by atoms with Gasteiger partial charge < -0.3 is 16.1 Å². The van der Waals surface area contributed by atoms with Crippen LogP contribution in [0.2, 0.25) is 0 Å². The maximum absolute atomic E-state index is 12.7. The standard InChI is InChI=1S/C29H29N5O2/c1-18-26(27(18)34(2)25-11-7-6-10-24(25)30)20-12-14-21(15-13-20)28(35)33-32-17-23-22(16-31-29(23)36)19-8-4-3-5-9-19/h3-6,8-10,12-17,22,27,32H,7,11,30H2,1-2H3,(H,33,35)/t22?,27-/m1/s1. The number of hydrogen-bond acceptors (Lipinski definition) is 5. The van der Waals surface area contributed by atoms with Crippen molar-refractivity contribution in [1.29, 1.82) is 0 Å². The summed E-state index contributed by atoms with van der Waals surface area (Å²) in [5.74, 6) is -0.841. The third kappa shape index (κ3) is 4.47. The van der Waals surface area contributed by atoms with E-state index in [1.807, 2.05) is 60.7 Å². The zero-order valence-electron chi connectivity index (χ0n) is 20.4. The number of carbonyl (C=O) groups is 2. The Kier molecular flexibility index (Phi) is 6.29. The molecular weight excluding hydrogens is 450 g/mol. The van der Waals surface area contributed by atoms with Gasteiger partial charge in [-0.25, -0.2) is 4.99 Å². The van der Waals surface area contributed by atoms with E-state index in [-0.39, 0.29) is 23.8 Å². The quantitative estimate of drug-likeness (QED) is 0.414. The number of likely N-dealkylation sites (N-methyl/N-ethyl adjacent to an activating group) is 1. The molecule has 0 fully saturated rings. The molecule has 0 radical (unpaired) electrons. The molecule has 2 aromatic carbocycles. The van der Waals surface area contributed by atoms with Crippen molar-refractivity contribution in [2.24, 2.45) is 10.7 Å². The molecular formula is C29H29N5O2. The lowest BCUT2D eigenvalue weighted by Gasteiger charge is -2.27. The van der Waals surface area contributed by atoms with Crippen molar-refractivity contribution >= 4 is 23.6 Å². The molecule has 36 heavy (non-hydrogen) atoms. The van der Waals surface area contributed by atoms with E-state index < -0.39 is 0 Å². The second-order valence-corrected chi connectivity index (χ2v) is 9.20. The molecule has 7 heteroatoms. The van der Waals surface area contributed by atoms with Gasteiger partial charge in [0.2, 0.25) is 0 Å². The van der Waals surface area contributed by atoms with E-state index in [2.05, 4.69) is 40.8 Å². The summed E-state index contributed by atoms with van der Waals surface area (Å²) in [6, 6.07) is 17.4. The molecule has 0 aromatic heterocycles. The van der Waals surface area contributed by atoms with E-state index >= 15 is 0 Å². The number of benzene rings is 2. The number of nitrogens with zero attached hydrogens (tertiary/aromatic N) is 2. The predicted molar refractivity (Wildman–Crippen MR) is 142 cm³/mol. The van der Waals surface area contributed by atoms with Gasteiger partial charge in [0.05, 0.1) is 17.7 Å². The molecule has 0 spiro atoms. The summed E-state index contributed by atoms with van der Waals surface area (Å²) in [4.78, 5) is 31.0. The first-order chi connectivity index (χ1) is 17.5. The highest BCUT2D eigenvalue weighted by Crippen LogP contribution is 2.45. The van der Waals surface area contributed by atoms with E-state index in [0.29, 0.717) is 11.1 Å². The van der Waals surface area contributed by atoms with Crippen LogP contribution in [0.25, 0.3) is 5.57 Å². The van der Waals surface area contributed by atoms with Gasteiger partial charge in [-0.15, -0.1) is 0 Å². The fourth-order valence-corrected chi connectivity index (χ4v) is 4.95. The van der Waals surface area contributed by atoms with Crippen LogP contribution in [0.4, 0.5) is 0 Å². The minimum Gasteiger partial charge on any atom is -0.397 e. The second-order valence-electron chi connectivity index (χ2n) is 9.20. The van der Waals surface area contributed by atoms with E-state index in [4.69, 9.17) is 5.73 Å². The van der Waals surface area contributed by atoms with Gasteiger partial charge in [0, 0.05) is 36.3 Å². The maximum atomic E-state index is 12.7. The summed E-state index contributed by atoms with van der Waals surface area (Å²) >= 11 is 0. The summed E-state index contributed by atoms with van der Waals surface area (Å²) in [6.45, 7) is 2.14. The van der Waals surface area contributed by atoms with Gasteiger partial charge in [-0.3, -0.25) is 15.0 Å². The SMILES string of the molecule is CC1=C(c2ccc(C(=O)NNC=C3C(=O)N=CC3c3ccccc3)cc2)[C@@H]1N(C)C1=C(N)C=CCC1. The van der Waals surface area contributed by atoms with Gasteiger partial charge in [-0.05, 0) is 60.2 Å². The lowest BCUT2D eigenvalue weighted by Crippen LogP contribution is -2.34. The largest absolute Gasteiger partial charge is 0.397 e. The first-order valence-corrected chi connectivity index (χ1v) is 12.0. The number of allylic oxidation sites excluding steroid dienone is 3. The third-order valence-corrected chi connectivity index (χ3v) is 6.97. The minimum atomic E-state index is -0.315. The zero-order chi connectivity index (χ0) is 25.2. The van der Waals surface area contributed by atoms with Crippen LogP contribution in [0.3, 0.4) is 0 Å².